The van der Waals surface area contributed by atoms with E-state index < -0.39 is 5.97 Å². The van der Waals surface area contributed by atoms with Gasteiger partial charge in [0.1, 0.15) is 0 Å². The van der Waals surface area contributed by atoms with Crippen molar-refractivity contribution in [1.82, 2.24) is 0 Å². The van der Waals surface area contributed by atoms with Gasteiger partial charge in [0.25, 0.3) is 0 Å². The molecule has 6 atom stereocenters. The van der Waals surface area contributed by atoms with E-state index in [4.69, 9.17) is 4.74 Å². The van der Waals surface area contributed by atoms with Crippen LogP contribution in [-0.2, 0) is 9.53 Å². The molecule has 0 aromatic heterocycles. The Hall–Kier alpha value is -0.570. The highest BCUT2D eigenvalue weighted by molar-refractivity contribution is 5.71. The lowest BCUT2D eigenvalue weighted by Gasteiger charge is -2.32. The number of hydrogen-bond donors (Lipinski definition) is 1. The van der Waals surface area contributed by atoms with Crippen LogP contribution in [0.2, 0.25) is 0 Å². The van der Waals surface area contributed by atoms with Crippen molar-refractivity contribution in [3.05, 3.63) is 0 Å². The van der Waals surface area contributed by atoms with Crippen LogP contribution >= 0.6 is 0 Å². The minimum absolute atomic E-state index is 0.0267. The second kappa shape index (κ2) is 3.96. The van der Waals surface area contributed by atoms with E-state index in [0.717, 1.165) is 12.8 Å². The number of carboxylic acids is 1. The molecule has 0 radical (unpaired) electrons. The van der Waals surface area contributed by atoms with Crippen LogP contribution in [0.4, 0.5) is 0 Å². The fraction of sp³-hybridized carbons (Fsp3) is 0.933. The molecule has 2 heterocycles. The Kier molecular flexibility index (Phi) is 2.74. The van der Waals surface area contributed by atoms with E-state index in [9.17, 15) is 9.90 Å². The highest BCUT2D eigenvalue weighted by Crippen LogP contribution is 2.62. The van der Waals surface area contributed by atoms with E-state index in [-0.39, 0.29) is 17.4 Å². The van der Waals surface area contributed by atoms with Crippen molar-refractivity contribution < 1.29 is 14.6 Å². The van der Waals surface area contributed by atoms with Gasteiger partial charge in [-0.2, -0.15) is 0 Å². The van der Waals surface area contributed by atoms with Crippen molar-refractivity contribution in [1.29, 1.82) is 0 Å². The van der Waals surface area contributed by atoms with Crippen molar-refractivity contribution in [2.75, 3.05) is 0 Å². The second-order valence-corrected chi connectivity index (χ2v) is 7.09. The summed E-state index contributed by atoms with van der Waals surface area (Å²) in [6.07, 6.45) is 4.50. The molecule has 3 aliphatic rings. The second-order valence-electron chi connectivity index (χ2n) is 7.09. The maximum absolute atomic E-state index is 11.4. The first kappa shape index (κ1) is 12.5. The Morgan fingerprint density at radius 2 is 2.06 bits per heavy atom. The van der Waals surface area contributed by atoms with Gasteiger partial charge in [0, 0.05) is 0 Å². The van der Waals surface area contributed by atoms with Crippen LogP contribution in [0.25, 0.3) is 0 Å². The molecular weight excluding hydrogens is 228 g/mol. The summed E-state index contributed by atoms with van der Waals surface area (Å²) < 4.78 is 6.14. The third-order valence-electron chi connectivity index (χ3n) is 5.96. The molecule has 0 amide bonds. The van der Waals surface area contributed by atoms with Crippen LogP contribution in [0, 0.1) is 29.1 Å². The van der Waals surface area contributed by atoms with Gasteiger partial charge >= 0.3 is 5.97 Å². The third-order valence-corrected chi connectivity index (χ3v) is 5.96. The first-order valence-electron chi connectivity index (χ1n) is 7.33. The number of aliphatic carboxylic acids is 1. The molecule has 0 spiro atoms. The van der Waals surface area contributed by atoms with E-state index in [2.05, 4.69) is 20.8 Å². The smallest absolute Gasteiger partial charge is 0.309 e. The van der Waals surface area contributed by atoms with Crippen LogP contribution in [0.3, 0.4) is 0 Å². The van der Waals surface area contributed by atoms with Gasteiger partial charge in [-0.25, -0.2) is 0 Å². The van der Waals surface area contributed by atoms with Crippen molar-refractivity contribution in [3.8, 4) is 0 Å². The van der Waals surface area contributed by atoms with E-state index in [1.807, 2.05) is 0 Å². The van der Waals surface area contributed by atoms with Gasteiger partial charge in [0.15, 0.2) is 0 Å². The number of fused-ring (bicyclic) bond motifs is 5. The van der Waals surface area contributed by atoms with E-state index in [1.54, 1.807) is 0 Å². The summed E-state index contributed by atoms with van der Waals surface area (Å²) in [6.45, 7) is 6.89. The van der Waals surface area contributed by atoms with Crippen molar-refractivity contribution >= 4 is 5.97 Å². The molecule has 2 aliphatic heterocycles. The fourth-order valence-corrected chi connectivity index (χ4v) is 4.99. The van der Waals surface area contributed by atoms with E-state index >= 15 is 0 Å². The summed E-state index contributed by atoms with van der Waals surface area (Å²) in [6, 6.07) is 0. The maximum atomic E-state index is 11.4. The summed E-state index contributed by atoms with van der Waals surface area (Å²) in [5.41, 5.74) is 0.240. The summed E-state index contributed by atoms with van der Waals surface area (Å²) in [7, 11) is 0. The van der Waals surface area contributed by atoms with Gasteiger partial charge in [0.2, 0.25) is 0 Å². The average molecular weight is 252 g/mol. The molecule has 0 aromatic rings. The average Bonchev–Trinajstić information content (AvgIpc) is 2.75. The minimum atomic E-state index is -0.655. The SMILES string of the molecule is CC(C)[C@H]1CC[C@@]2(C)[C@@H]1[C@@H]1O[C@H]2CC[C@@H]1C(=O)O. The van der Waals surface area contributed by atoms with Crippen molar-refractivity contribution in [2.45, 2.75) is 58.7 Å². The van der Waals surface area contributed by atoms with Crippen LogP contribution in [0.15, 0.2) is 0 Å². The number of carboxylic acid groups (broad SMARTS) is 1. The number of ether oxygens (including phenoxy) is 1. The Morgan fingerprint density at radius 3 is 2.67 bits per heavy atom. The molecular formula is C15H24O3. The van der Waals surface area contributed by atoms with Crippen LogP contribution in [0.5, 0.6) is 0 Å². The Morgan fingerprint density at radius 1 is 1.33 bits per heavy atom. The molecule has 1 aliphatic carbocycles. The summed E-state index contributed by atoms with van der Waals surface area (Å²) in [5, 5.41) is 9.41. The normalized spacial score (nSPS) is 50.6. The molecule has 0 unspecified atom stereocenters. The highest BCUT2D eigenvalue weighted by atomic mass is 16.5. The molecule has 2 saturated heterocycles. The van der Waals surface area contributed by atoms with Crippen molar-refractivity contribution in [2.24, 2.45) is 29.1 Å². The lowest BCUT2D eigenvalue weighted by molar-refractivity contribution is -0.154. The highest BCUT2D eigenvalue weighted by Gasteiger charge is 2.63. The van der Waals surface area contributed by atoms with Gasteiger partial charge in [-0.3, -0.25) is 4.79 Å². The Bertz CT molecular complexity index is 365. The molecule has 2 bridgehead atoms. The zero-order chi connectivity index (χ0) is 13.1. The number of rotatable bonds is 2. The number of carbonyl (C=O) groups is 1. The zero-order valence-corrected chi connectivity index (χ0v) is 11.6. The topological polar surface area (TPSA) is 46.5 Å². The standard InChI is InChI=1S/C15H24O3/c1-8(2)9-6-7-15(3)11-5-4-10(14(16)17)13(18-11)12(9)15/h8-13H,4-7H2,1-3H3,(H,16,17)/t9-,10+,11+,12+,13-,15-/m1/s1. The molecule has 1 N–H and O–H groups in total. The van der Waals surface area contributed by atoms with E-state index in [0.29, 0.717) is 23.9 Å². The molecule has 3 heteroatoms. The van der Waals surface area contributed by atoms with Crippen molar-refractivity contribution in [3.63, 3.8) is 0 Å². The van der Waals surface area contributed by atoms with Gasteiger partial charge < -0.3 is 9.84 Å². The summed E-state index contributed by atoms with van der Waals surface area (Å²) in [5.74, 6) is 0.815. The zero-order valence-electron chi connectivity index (χ0n) is 11.6. The fourth-order valence-electron chi connectivity index (χ4n) is 4.99. The number of hydrogen-bond acceptors (Lipinski definition) is 2. The van der Waals surface area contributed by atoms with Crippen LogP contribution < -0.4 is 0 Å². The first-order valence-corrected chi connectivity index (χ1v) is 7.33. The quantitative estimate of drug-likeness (QED) is 0.822. The summed E-state index contributed by atoms with van der Waals surface area (Å²) in [4.78, 5) is 11.4. The van der Waals surface area contributed by atoms with E-state index in [1.165, 1.54) is 12.8 Å². The maximum Gasteiger partial charge on any atom is 0.309 e. The van der Waals surface area contributed by atoms with Gasteiger partial charge in [-0.1, -0.05) is 20.8 Å². The predicted molar refractivity (Wildman–Crippen MR) is 68.2 cm³/mol. The molecule has 0 aromatic carbocycles. The molecule has 3 rings (SSSR count). The molecule has 3 nitrogen and oxygen atoms in total. The molecule has 1 saturated carbocycles. The predicted octanol–water partition coefficient (Wildman–Crippen LogP) is 2.94. The molecule has 102 valence electrons. The Balaban J connectivity index is 1.95. The molecule has 3 fully saturated rings. The third kappa shape index (κ3) is 1.49. The lowest BCUT2D eigenvalue weighted by atomic mass is 9.70. The van der Waals surface area contributed by atoms with Gasteiger partial charge in [-0.15, -0.1) is 0 Å². The van der Waals surface area contributed by atoms with Crippen LogP contribution in [-0.4, -0.2) is 23.3 Å². The molecule has 18 heavy (non-hydrogen) atoms. The monoisotopic (exact) mass is 252 g/mol. The summed E-state index contributed by atoms with van der Waals surface area (Å²) >= 11 is 0. The minimum Gasteiger partial charge on any atom is -0.481 e. The van der Waals surface area contributed by atoms with Crippen LogP contribution in [0.1, 0.15) is 46.5 Å². The first-order chi connectivity index (χ1) is 8.45. The van der Waals surface area contributed by atoms with Gasteiger partial charge in [0.05, 0.1) is 18.1 Å². The Labute approximate surface area is 109 Å². The largest absolute Gasteiger partial charge is 0.481 e. The van der Waals surface area contributed by atoms with Gasteiger partial charge in [-0.05, 0) is 48.9 Å². The lowest BCUT2D eigenvalue weighted by Crippen LogP contribution is -2.38.